The molecule has 24 heavy (non-hydrogen) atoms. The van der Waals surface area contributed by atoms with E-state index in [2.05, 4.69) is 48.9 Å². The van der Waals surface area contributed by atoms with Gasteiger partial charge in [0.25, 0.3) is 0 Å². The molecule has 0 aliphatic heterocycles. The number of nitrogens with two attached hydrogens (primary N) is 1. The number of anilines is 1. The number of imidazole rings is 1. The summed E-state index contributed by atoms with van der Waals surface area (Å²) in [6, 6.07) is 14.2. The van der Waals surface area contributed by atoms with E-state index in [-0.39, 0.29) is 5.41 Å². The molecule has 0 atom stereocenters. The Morgan fingerprint density at radius 3 is 2.58 bits per heavy atom. The minimum Gasteiger partial charge on any atom is -0.398 e. The monoisotopic (exact) mass is 316 g/mol. The van der Waals surface area contributed by atoms with Crippen LogP contribution in [0.4, 0.5) is 5.69 Å². The first kappa shape index (κ1) is 14.7. The molecule has 0 spiro atoms. The van der Waals surface area contributed by atoms with Gasteiger partial charge in [0, 0.05) is 11.6 Å². The molecule has 0 aliphatic carbocycles. The first-order chi connectivity index (χ1) is 11.4. The van der Waals surface area contributed by atoms with Gasteiger partial charge in [0.15, 0.2) is 0 Å². The van der Waals surface area contributed by atoms with Crippen molar-refractivity contribution >= 4 is 27.6 Å². The fourth-order valence-corrected chi connectivity index (χ4v) is 2.96. The van der Waals surface area contributed by atoms with Crippen LogP contribution >= 0.6 is 0 Å². The quantitative estimate of drug-likeness (QED) is 0.537. The molecular formula is C20H20N4. The number of fused-ring (bicyclic) bond motifs is 2. The van der Waals surface area contributed by atoms with Crippen molar-refractivity contribution in [3.63, 3.8) is 0 Å². The minimum absolute atomic E-state index is 0.100. The molecule has 4 rings (SSSR count). The Hall–Kier alpha value is -2.88. The molecule has 0 saturated heterocycles. The van der Waals surface area contributed by atoms with E-state index in [1.807, 2.05) is 24.3 Å². The van der Waals surface area contributed by atoms with Crippen molar-refractivity contribution in [2.75, 3.05) is 5.73 Å². The molecule has 0 unspecified atom stereocenters. The van der Waals surface area contributed by atoms with Gasteiger partial charge in [-0.05, 0) is 29.2 Å². The zero-order chi connectivity index (χ0) is 16.9. The highest BCUT2D eigenvalue weighted by atomic mass is 14.9. The Labute approximate surface area is 140 Å². The fourth-order valence-electron chi connectivity index (χ4n) is 2.96. The molecule has 0 bridgehead atoms. The number of nitrogens with zero attached hydrogens (tertiary/aromatic N) is 2. The number of aromatic nitrogens is 3. The average Bonchev–Trinajstić information content (AvgIpc) is 2.97. The first-order valence-electron chi connectivity index (χ1n) is 8.07. The highest BCUT2D eigenvalue weighted by Crippen LogP contribution is 2.31. The first-order valence-corrected chi connectivity index (χ1v) is 8.07. The zero-order valence-electron chi connectivity index (χ0n) is 14.1. The third kappa shape index (κ3) is 2.31. The second kappa shape index (κ2) is 5.06. The van der Waals surface area contributed by atoms with E-state index in [9.17, 15) is 0 Å². The van der Waals surface area contributed by atoms with Crippen molar-refractivity contribution in [2.45, 2.75) is 26.2 Å². The summed E-state index contributed by atoms with van der Waals surface area (Å²) >= 11 is 0. The number of nitrogen functional groups attached to an aromatic ring is 1. The number of hydrogen-bond acceptors (Lipinski definition) is 3. The second-order valence-electron chi connectivity index (χ2n) is 7.17. The predicted molar refractivity (Wildman–Crippen MR) is 99.9 cm³/mol. The van der Waals surface area contributed by atoms with Crippen LogP contribution in [0.3, 0.4) is 0 Å². The molecule has 0 amide bonds. The van der Waals surface area contributed by atoms with Crippen LogP contribution in [-0.2, 0) is 5.41 Å². The average molecular weight is 316 g/mol. The van der Waals surface area contributed by atoms with Crippen LogP contribution < -0.4 is 5.73 Å². The van der Waals surface area contributed by atoms with Gasteiger partial charge in [-0.1, -0.05) is 45.0 Å². The number of aromatic amines is 1. The number of para-hydroxylation sites is 1. The maximum atomic E-state index is 6.37. The van der Waals surface area contributed by atoms with Crippen LogP contribution in [0.2, 0.25) is 0 Å². The van der Waals surface area contributed by atoms with Crippen molar-refractivity contribution in [3.05, 3.63) is 54.2 Å². The lowest BCUT2D eigenvalue weighted by atomic mass is 9.87. The van der Waals surface area contributed by atoms with Gasteiger partial charge in [0.1, 0.15) is 5.82 Å². The topological polar surface area (TPSA) is 67.6 Å². The summed E-state index contributed by atoms with van der Waals surface area (Å²) in [6.07, 6.45) is 1.79. The van der Waals surface area contributed by atoms with Crippen molar-refractivity contribution < 1.29 is 0 Å². The molecule has 0 radical (unpaired) electrons. The molecule has 3 N–H and O–H groups in total. The van der Waals surface area contributed by atoms with Crippen molar-refractivity contribution in [2.24, 2.45) is 0 Å². The molecule has 0 fully saturated rings. The van der Waals surface area contributed by atoms with E-state index in [1.165, 1.54) is 5.56 Å². The summed E-state index contributed by atoms with van der Waals surface area (Å²) in [6.45, 7) is 6.62. The van der Waals surface area contributed by atoms with E-state index < -0.39 is 0 Å². The maximum absolute atomic E-state index is 6.37. The van der Waals surface area contributed by atoms with Gasteiger partial charge in [-0.15, -0.1) is 0 Å². The lowest BCUT2D eigenvalue weighted by Gasteiger charge is -2.18. The van der Waals surface area contributed by atoms with Gasteiger partial charge in [-0.25, -0.2) is 4.98 Å². The largest absolute Gasteiger partial charge is 0.398 e. The molecule has 4 nitrogen and oxygen atoms in total. The summed E-state index contributed by atoms with van der Waals surface area (Å²) in [5.74, 6) is 0.756. The summed E-state index contributed by atoms with van der Waals surface area (Å²) in [5.41, 5.74) is 12.1. The van der Waals surface area contributed by atoms with Gasteiger partial charge in [-0.3, -0.25) is 4.98 Å². The summed E-state index contributed by atoms with van der Waals surface area (Å²) in [5, 5.41) is 0.950. The molecule has 2 aromatic carbocycles. The summed E-state index contributed by atoms with van der Waals surface area (Å²) in [4.78, 5) is 12.6. The molecule has 4 heteroatoms. The smallest absolute Gasteiger partial charge is 0.142 e. The predicted octanol–water partition coefficient (Wildman–Crippen LogP) is 4.66. The summed E-state index contributed by atoms with van der Waals surface area (Å²) in [7, 11) is 0. The van der Waals surface area contributed by atoms with E-state index >= 15 is 0 Å². The zero-order valence-corrected chi connectivity index (χ0v) is 14.1. The van der Waals surface area contributed by atoms with Gasteiger partial charge >= 0.3 is 0 Å². The minimum atomic E-state index is 0.100. The molecular weight excluding hydrogens is 296 g/mol. The van der Waals surface area contributed by atoms with Crippen LogP contribution in [0, 0.1) is 0 Å². The van der Waals surface area contributed by atoms with Crippen molar-refractivity contribution in [1.82, 2.24) is 15.0 Å². The molecule has 2 heterocycles. The number of nitrogens with one attached hydrogen (secondary N) is 1. The number of H-pyrrole nitrogens is 1. The molecule has 0 saturated carbocycles. The lowest BCUT2D eigenvalue weighted by molar-refractivity contribution is 0.591. The summed E-state index contributed by atoms with van der Waals surface area (Å²) < 4.78 is 0. The Morgan fingerprint density at radius 2 is 1.79 bits per heavy atom. The Bertz CT molecular complexity index is 1050. The van der Waals surface area contributed by atoms with Crippen LogP contribution in [0.1, 0.15) is 26.3 Å². The third-order valence-corrected chi connectivity index (χ3v) is 4.42. The van der Waals surface area contributed by atoms with E-state index in [0.717, 1.165) is 33.3 Å². The van der Waals surface area contributed by atoms with Crippen LogP contribution in [0.5, 0.6) is 0 Å². The molecule has 0 aliphatic rings. The van der Waals surface area contributed by atoms with Crippen LogP contribution in [-0.4, -0.2) is 15.0 Å². The van der Waals surface area contributed by atoms with Crippen LogP contribution in [0.25, 0.3) is 33.3 Å². The van der Waals surface area contributed by atoms with Gasteiger partial charge in [0.05, 0.1) is 27.8 Å². The van der Waals surface area contributed by atoms with E-state index in [1.54, 1.807) is 6.20 Å². The second-order valence-corrected chi connectivity index (χ2v) is 7.17. The van der Waals surface area contributed by atoms with Gasteiger partial charge in [-0.2, -0.15) is 0 Å². The Balaban J connectivity index is 1.89. The number of benzene rings is 2. The van der Waals surface area contributed by atoms with Gasteiger partial charge < -0.3 is 10.7 Å². The molecule has 4 aromatic rings. The third-order valence-electron chi connectivity index (χ3n) is 4.42. The maximum Gasteiger partial charge on any atom is 0.142 e. The Morgan fingerprint density at radius 1 is 1.00 bits per heavy atom. The highest BCUT2D eigenvalue weighted by Gasteiger charge is 2.16. The molecule has 2 aromatic heterocycles. The number of hydrogen-bond donors (Lipinski definition) is 2. The highest BCUT2D eigenvalue weighted by molar-refractivity contribution is 5.97. The van der Waals surface area contributed by atoms with Crippen molar-refractivity contribution in [1.29, 1.82) is 0 Å². The van der Waals surface area contributed by atoms with Crippen LogP contribution in [0.15, 0.2) is 48.7 Å². The number of rotatable bonds is 1. The molecule has 120 valence electrons. The Kier molecular flexibility index (Phi) is 3.10. The van der Waals surface area contributed by atoms with E-state index in [4.69, 9.17) is 10.7 Å². The van der Waals surface area contributed by atoms with Crippen molar-refractivity contribution in [3.8, 4) is 11.4 Å². The van der Waals surface area contributed by atoms with E-state index in [0.29, 0.717) is 5.69 Å². The standard InChI is InChI=1S/C20H20N4/c1-20(2,3)12-8-9-16-17(10-12)24-19(23-16)14-11-22-15-7-5-4-6-13(15)18(14)21/h4-11H,1-3H3,(H2,21,22)(H,23,24). The fraction of sp³-hybridized carbons (Fsp3) is 0.200. The normalized spacial score (nSPS) is 12.1. The SMILES string of the molecule is CC(C)(C)c1ccc2nc(-c3cnc4ccccc4c3N)[nH]c2c1. The van der Waals surface area contributed by atoms with Gasteiger partial charge in [0.2, 0.25) is 0 Å². The lowest BCUT2D eigenvalue weighted by Crippen LogP contribution is -2.10. The number of pyridine rings is 1.